The van der Waals surface area contributed by atoms with Crippen LogP contribution < -0.4 is 9.47 Å². The van der Waals surface area contributed by atoms with E-state index in [1.807, 2.05) is 18.2 Å². The predicted molar refractivity (Wildman–Crippen MR) is 112 cm³/mol. The highest BCUT2D eigenvalue weighted by molar-refractivity contribution is 7.99. The zero-order chi connectivity index (χ0) is 19.0. The quantitative estimate of drug-likeness (QED) is 0.749. The van der Waals surface area contributed by atoms with E-state index in [-0.39, 0.29) is 0 Å². The first-order valence-corrected chi connectivity index (χ1v) is 10.2. The van der Waals surface area contributed by atoms with Crippen molar-refractivity contribution in [3.05, 3.63) is 46.5 Å². The molecule has 0 spiro atoms. The van der Waals surface area contributed by atoms with Gasteiger partial charge in [-0.05, 0) is 43.0 Å². The van der Waals surface area contributed by atoms with Crippen LogP contribution in [-0.4, -0.2) is 57.2 Å². The molecule has 142 valence electrons. The number of likely N-dealkylation sites (N-methyl/N-ethyl adjacent to an activating group) is 1. The number of nitrogens with zero attached hydrogens (tertiary/aromatic N) is 2. The van der Waals surface area contributed by atoms with E-state index in [4.69, 9.17) is 21.1 Å². The first kappa shape index (κ1) is 18.5. The van der Waals surface area contributed by atoms with Crippen LogP contribution in [-0.2, 0) is 0 Å². The molecule has 1 fully saturated rings. The average Bonchev–Trinajstić information content (AvgIpc) is 2.83. The van der Waals surface area contributed by atoms with Crippen LogP contribution in [0.4, 0.5) is 0 Å². The Morgan fingerprint density at radius 3 is 2.44 bits per heavy atom. The number of fused-ring (bicyclic) bond motifs is 2. The zero-order valence-corrected chi connectivity index (χ0v) is 17.4. The maximum absolute atomic E-state index is 6.49. The van der Waals surface area contributed by atoms with Crippen LogP contribution in [0.15, 0.2) is 40.1 Å². The molecule has 0 unspecified atom stereocenters. The highest BCUT2D eigenvalue weighted by Crippen LogP contribution is 2.45. The van der Waals surface area contributed by atoms with E-state index in [0.717, 1.165) is 42.4 Å². The fraction of sp³-hybridized carbons (Fsp3) is 0.333. The molecule has 0 saturated carbocycles. The molecule has 2 aliphatic heterocycles. The summed E-state index contributed by atoms with van der Waals surface area (Å²) in [4.78, 5) is 7.14. The lowest BCUT2D eigenvalue weighted by Gasteiger charge is -2.36. The maximum atomic E-state index is 6.49. The molecule has 2 aliphatic rings. The Hall–Kier alpha value is -1.82. The second-order valence-corrected chi connectivity index (χ2v) is 8.30. The predicted octanol–water partition coefficient (Wildman–Crippen LogP) is 4.57. The Morgan fingerprint density at radius 1 is 0.963 bits per heavy atom. The van der Waals surface area contributed by atoms with E-state index in [2.05, 4.69) is 35.1 Å². The van der Waals surface area contributed by atoms with E-state index < -0.39 is 0 Å². The van der Waals surface area contributed by atoms with Gasteiger partial charge in [0, 0.05) is 47.2 Å². The topological polar surface area (TPSA) is 24.9 Å². The summed E-state index contributed by atoms with van der Waals surface area (Å²) in [5.74, 6) is 1.56. The van der Waals surface area contributed by atoms with E-state index in [1.54, 1.807) is 26.0 Å². The molecule has 4 nitrogen and oxygen atoms in total. The number of hydrogen-bond donors (Lipinski definition) is 0. The summed E-state index contributed by atoms with van der Waals surface area (Å²) in [5, 5.41) is 0.639. The van der Waals surface area contributed by atoms with Crippen molar-refractivity contribution in [2.45, 2.75) is 9.79 Å². The van der Waals surface area contributed by atoms with Gasteiger partial charge in [0.05, 0.1) is 19.2 Å². The van der Waals surface area contributed by atoms with Gasteiger partial charge in [0.2, 0.25) is 0 Å². The number of piperazine rings is 1. The highest BCUT2D eigenvalue weighted by atomic mass is 35.5. The Labute approximate surface area is 169 Å². The number of halogens is 1. The van der Waals surface area contributed by atoms with Crippen LogP contribution >= 0.6 is 23.4 Å². The Kier molecular flexibility index (Phi) is 5.26. The van der Waals surface area contributed by atoms with Gasteiger partial charge in [-0.25, -0.2) is 0 Å². The first-order chi connectivity index (χ1) is 13.1. The van der Waals surface area contributed by atoms with Gasteiger partial charge in [0.25, 0.3) is 0 Å². The fourth-order valence-corrected chi connectivity index (χ4v) is 4.81. The number of methoxy groups -OCH3 is 2. The van der Waals surface area contributed by atoms with Gasteiger partial charge < -0.3 is 19.3 Å². The van der Waals surface area contributed by atoms with Crippen molar-refractivity contribution in [3.8, 4) is 11.5 Å². The molecule has 0 atom stereocenters. The standard InChI is InChI=1S/C21H23ClN2O2S/c1-23-6-8-24(9-7-23)18-10-14-4-5-15(25-2)11-20(14)27-21-13-19(26-3)17(22)12-16(18)21/h4-5,10-13H,6-9H2,1-3H3. The first-order valence-electron chi connectivity index (χ1n) is 8.98. The van der Waals surface area contributed by atoms with Crippen molar-refractivity contribution >= 4 is 35.1 Å². The Bertz CT molecular complexity index is 892. The van der Waals surface area contributed by atoms with Gasteiger partial charge in [0.1, 0.15) is 11.5 Å². The van der Waals surface area contributed by atoms with Crippen molar-refractivity contribution in [3.63, 3.8) is 0 Å². The van der Waals surface area contributed by atoms with Gasteiger partial charge in [-0.15, -0.1) is 0 Å². The Morgan fingerprint density at radius 2 is 1.74 bits per heavy atom. The summed E-state index contributed by atoms with van der Waals surface area (Å²) >= 11 is 8.22. The van der Waals surface area contributed by atoms with Crippen molar-refractivity contribution in [2.75, 3.05) is 47.4 Å². The molecule has 6 heteroatoms. The third kappa shape index (κ3) is 3.64. The van der Waals surface area contributed by atoms with Crippen molar-refractivity contribution in [2.24, 2.45) is 0 Å². The van der Waals surface area contributed by atoms with Crippen molar-refractivity contribution in [1.82, 2.24) is 9.80 Å². The van der Waals surface area contributed by atoms with Gasteiger partial charge >= 0.3 is 0 Å². The molecule has 0 aromatic heterocycles. The van der Waals surface area contributed by atoms with Crippen LogP contribution in [0.25, 0.3) is 11.8 Å². The summed E-state index contributed by atoms with van der Waals surface area (Å²) in [7, 11) is 5.53. The lowest BCUT2D eigenvalue weighted by atomic mass is 10.1. The monoisotopic (exact) mass is 402 g/mol. The third-order valence-corrected chi connectivity index (χ3v) is 6.53. The third-order valence-electron chi connectivity index (χ3n) is 5.11. The molecule has 0 bridgehead atoms. The van der Waals surface area contributed by atoms with Crippen LogP contribution in [0.5, 0.6) is 11.5 Å². The van der Waals surface area contributed by atoms with E-state index in [1.165, 1.54) is 16.2 Å². The molecule has 0 amide bonds. The Balaban J connectivity index is 1.86. The normalized spacial score (nSPS) is 16.9. The van der Waals surface area contributed by atoms with Gasteiger partial charge in [-0.3, -0.25) is 0 Å². The number of rotatable bonds is 3. The van der Waals surface area contributed by atoms with E-state index in [9.17, 15) is 0 Å². The minimum Gasteiger partial charge on any atom is -0.497 e. The molecule has 4 rings (SSSR count). The molecule has 0 aliphatic carbocycles. The summed E-state index contributed by atoms with van der Waals surface area (Å²) in [6.45, 7) is 4.11. The van der Waals surface area contributed by atoms with E-state index in [0.29, 0.717) is 10.8 Å². The second-order valence-electron chi connectivity index (χ2n) is 6.81. The number of benzene rings is 2. The average molecular weight is 403 g/mol. The molecule has 0 radical (unpaired) electrons. The van der Waals surface area contributed by atoms with Gasteiger partial charge in [-0.1, -0.05) is 29.4 Å². The minimum absolute atomic E-state index is 0.639. The molecule has 1 saturated heterocycles. The van der Waals surface area contributed by atoms with Crippen LogP contribution in [0, 0.1) is 0 Å². The molecule has 27 heavy (non-hydrogen) atoms. The van der Waals surface area contributed by atoms with Crippen molar-refractivity contribution in [1.29, 1.82) is 0 Å². The maximum Gasteiger partial charge on any atom is 0.138 e. The fourth-order valence-electron chi connectivity index (χ4n) is 3.48. The smallest absolute Gasteiger partial charge is 0.138 e. The largest absolute Gasteiger partial charge is 0.497 e. The molecule has 2 aromatic rings. The van der Waals surface area contributed by atoms with Crippen LogP contribution in [0.3, 0.4) is 0 Å². The lowest BCUT2D eigenvalue weighted by molar-refractivity contribution is 0.207. The van der Waals surface area contributed by atoms with Crippen molar-refractivity contribution < 1.29 is 9.47 Å². The summed E-state index contributed by atoms with van der Waals surface area (Å²) in [6.07, 6.45) is 2.28. The van der Waals surface area contributed by atoms with Crippen LogP contribution in [0.1, 0.15) is 11.1 Å². The lowest BCUT2D eigenvalue weighted by Crippen LogP contribution is -2.43. The SMILES string of the molecule is COc1ccc2c(c1)Sc1cc(OC)c(Cl)cc1C(N1CCN(C)CC1)=C2. The van der Waals surface area contributed by atoms with Gasteiger partial charge in [-0.2, -0.15) is 0 Å². The number of hydrogen-bond acceptors (Lipinski definition) is 5. The minimum atomic E-state index is 0.639. The zero-order valence-electron chi connectivity index (χ0n) is 15.8. The molecule has 2 aromatic carbocycles. The second kappa shape index (κ2) is 7.66. The summed E-state index contributed by atoms with van der Waals surface area (Å²) < 4.78 is 10.9. The summed E-state index contributed by atoms with van der Waals surface area (Å²) in [5.41, 5.74) is 3.57. The number of ether oxygens (including phenoxy) is 2. The molecule has 0 N–H and O–H groups in total. The molecular weight excluding hydrogens is 380 g/mol. The van der Waals surface area contributed by atoms with Crippen LogP contribution in [0.2, 0.25) is 5.02 Å². The molecular formula is C21H23ClN2O2S. The summed E-state index contributed by atoms with van der Waals surface area (Å²) in [6, 6.07) is 10.3. The van der Waals surface area contributed by atoms with E-state index >= 15 is 0 Å². The van der Waals surface area contributed by atoms with Gasteiger partial charge in [0.15, 0.2) is 0 Å². The highest BCUT2D eigenvalue weighted by Gasteiger charge is 2.24. The molecule has 2 heterocycles.